The Morgan fingerprint density at radius 1 is 1.14 bits per heavy atom. The molecule has 0 aliphatic rings. The Kier molecular flexibility index (Phi) is 7.31. The summed E-state index contributed by atoms with van der Waals surface area (Å²) in [6, 6.07) is 8.41. The second kappa shape index (κ2) is 9.02. The molecule has 3 N–H and O–H groups in total. The van der Waals surface area contributed by atoms with E-state index in [0.717, 1.165) is 12.2 Å². The molecule has 0 saturated carbocycles. The van der Waals surface area contributed by atoms with E-state index in [4.69, 9.17) is 10.2 Å². The lowest BCUT2D eigenvalue weighted by molar-refractivity contribution is -0.147. The number of carboxylic acid groups (broad SMARTS) is 2. The van der Waals surface area contributed by atoms with Crippen LogP contribution in [0.3, 0.4) is 0 Å². The van der Waals surface area contributed by atoms with Crippen molar-refractivity contribution in [2.24, 2.45) is 0 Å². The first-order valence-electron chi connectivity index (χ1n) is 6.34. The molecule has 0 aliphatic carbocycles. The second-order valence-electron chi connectivity index (χ2n) is 4.34. The van der Waals surface area contributed by atoms with Crippen LogP contribution in [0.25, 0.3) is 0 Å². The largest absolute Gasteiger partial charge is 0.481 e. The minimum Gasteiger partial charge on any atom is -0.481 e. The van der Waals surface area contributed by atoms with Crippen LogP contribution < -0.4 is 5.32 Å². The number of carbonyl (C=O) groups is 3. The zero-order valence-electron chi connectivity index (χ0n) is 11.3. The number of aryl methyl sites for hydroxylation is 1. The van der Waals surface area contributed by atoms with E-state index in [-0.39, 0.29) is 5.75 Å². The molecule has 0 fully saturated rings. The maximum atomic E-state index is 11.6. The van der Waals surface area contributed by atoms with E-state index in [2.05, 4.69) is 5.32 Å². The van der Waals surface area contributed by atoms with Gasteiger partial charge in [-0.1, -0.05) is 30.3 Å². The van der Waals surface area contributed by atoms with E-state index in [1.54, 1.807) is 0 Å². The number of hydrogen-bond acceptors (Lipinski definition) is 4. The van der Waals surface area contributed by atoms with Crippen LogP contribution >= 0.6 is 11.8 Å². The van der Waals surface area contributed by atoms with Crippen LogP contribution in [0.4, 0.5) is 0 Å². The number of aliphatic carboxylic acids is 2. The summed E-state index contributed by atoms with van der Waals surface area (Å²) in [5, 5.41) is 19.6. The van der Waals surface area contributed by atoms with Gasteiger partial charge in [-0.05, 0) is 17.7 Å². The van der Waals surface area contributed by atoms with Crippen molar-refractivity contribution in [2.45, 2.75) is 18.9 Å². The predicted molar refractivity (Wildman–Crippen MR) is 79.3 cm³/mol. The molecule has 0 saturated heterocycles. The molecule has 21 heavy (non-hydrogen) atoms. The summed E-state index contributed by atoms with van der Waals surface area (Å²) in [7, 11) is 0. The first-order chi connectivity index (χ1) is 9.99. The highest BCUT2D eigenvalue weighted by Gasteiger charge is 2.22. The van der Waals surface area contributed by atoms with Crippen molar-refractivity contribution in [3.8, 4) is 0 Å². The van der Waals surface area contributed by atoms with E-state index < -0.39 is 30.3 Å². The van der Waals surface area contributed by atoms with Crippen LogP contribution in [-0.4, -0.2) is 45.6 Å². The van der Waals surface area contributed by atoms with Crippen molar-refractivity contribution in [1.82, 2.24) is 5.32 Å². The number of rotatable bonds is 9. The lowest BCUT2D eigenvalue weighted by Gasteiger charge is -2.12. The fourth-order valence-electron chi connectivity index (χ4n) is 1.61. The van der Waals surface area contributed by atoms with Gasteiger partial charge < -0.3 is 15.5 Å². The molecule has 0 spiro atoms. The Labute approximate surface area is 126 Å². The van der Waals surface area contributed by atoms with Gasteiger partial charge in [0.15, 0.2) is 0 Å². The van der Waals surface area contributed by atoms with Crippen LogP contribution in [0.1, 0.15) is 12.0 Å². The monoisotopic (exact) mass is 311 g/mol. The van der Waals surface area contributed by atoms with Crippen molar-refractivity contribution >= 4 is 29.6 Å². The molecule has 114 valence electrons. The fraction of sp³-hybridized carbons (Fsp3) is 0.357. The predicted octanol–water partition coefficient (Wildman–Crippen LogP) is 1.01. The first kappa shape index (κ1) is 17.0. The first-order valence-corrected chi connectivity index (χ1v) is 7.50. The number of carbonyl (C=O) groups excluding carboxylic acids is 1. The van der Waals surface area contributed by atoms with Crippen molar-refractivity contribution in [1.29, 1.82) is 0 Å². The van der Waals surface area contributed by atoms with Crippen molar-refractivity contribution < 1.29 is 24.6 Å². The SMILES string of the molecule is O=C(O)C[C@@H](NC(=O)CSCCc1ccccc1)C(=O)O. The normalized spacial score (nSPS) is 11.6. The number of hydrogen-bond donors (Lipinski definition) is 3. The number of carboxylic acids is 2. The minimum absolute atomic E-state index is 0.107. The van der Waals surface area contributed by atoms with Gasteiger partial charge in [-0.25, -0.2) is 4.79 Å². The van der Waals surface area contributed by atoms with Crippen molar-refractivity contribution in [2.75, 3.05) is 11.5 Å². The average molecular weight is 311 g/mol. The second-order valence-corrected chi connectivity index (χ2v) is 5.45. The molecular weight excluding hydrogens is 294 g/mol. The van der Waals surface area contributed by atoms with Gasteiger partial charge in [-0.15, -0.1) is 0 Å². The van der Waals surface area contributed by atoms with Gasteiger partial charge in [-0.3, -0.25) is 9.59 Å². The molecule has 0 aromatic heterocycles. The van der Waals surface area contributed by atoms with Crippen LogP contribution in [-0.2, 0) is 20.8 Å². The topological polar surface area (TPSA) is 104 Å². The van der Waals surface area contributed by atoms with E-state index in [1.807, 2.05) is 30.3 Å². The zero-order chi connectivity index (χ0) is 15.7. The lowest BCUT2D eigenvalue weighted by atomic mass is 10.2. The van der Waals surface area contributed by atoms with E-state index >= 15 is 0 Å². The molecule has 1 rings (SSSR count). The Bertz CT molecular complexity index is 491. The molecule has 1 atom stereocenters. The van der Waals surface area contributed by atoms with Crippen LogP contribution in [0.2, 0.25) is 0 Å². The quantitative estimate of drug-likeness (QED) is 0.588. The third kappa shape index (κ3) is 7.36. The number of amides is 1. The summed E-state index contributed by atoms with van der Waals surface area (Å²) in [6.07, 6.45) is 0.187. The third-order valence-corrected chi connectivity index (χ3v) is 3.58. The van der Waals surface area contributed by atoms with Crippen molar-refractivity contribution in [3.63, 3.8) is 0 Å². The molecule has 1 amide bonds. The molecule has 6 nitrogen and oxygen atoms in total. The summed E-state index contributed by atoms with van der Waals surface area (Å²) < 4.78 is 0. The van der Waals surface area contributed by atoms with Gasteiger partial charge in [0.05, 0.1) is 12.2 Å². The van der Waals surface area contributed by atoms with Gasteiger partial charge >= 0.3 is 11.9 Å². The Hall–Kier alpha value is -2.02. The van der Waals surface area contributed by atoms with Crippen molar-refractivity contribution in [3.05, 3.63) is 35.9 Å². The van der Waals surface area contributed by atoms with E-state index in [1.165, 1.54) is 17.3 Å². The number of nitrogens with one attached hydrogen (secondary N) is 1. The Morgan fingerprint density at radius 3 is 2.38 bits per heavy atom. The molecule has 0 aliphatic heterocycles. The molecule has 7 heteroatoms. The highest BCUT2D eigenvalue weighted by molar-refractivity contribution is 7.99. The van der Waals surface area contributed by atoms with Gasteiger partial charge in [0, 0.05) is 0 Å². The highest BCUT2D eigenvalue weighted by atomic mass is 32.2. The molecule has 0 radical (unpaired) electrons. The van der Waals surface area contributed by atoms with E-state index in [0.29, 0.717) is 0 Å². The number of thioether (sulfide) groups is 1. The standard InChI is InChI=1S/C14H17NO5S/c16-12(15-11(14(19)20)8-13(17)18)9-21-7-6-10-4-2-1-3-5-10/h1-5,11H,6-9H2,(H,15,16)(H,17,18)(H,19,20)/t11-/m1/s1. The van der Waals surface area contributed by atoms with Crippen LogP contribution in [0.15, 0.2) is 30.3 Å². The summed E-state index contributed by atoms with van der Waals surface area (Å²) in [4.78, 5) is 32.9. The summed E-state index contributed by atoms with van der Waals surface area (Å²) >= 11 is 1.38. The maximum Gasteiger partial charge on any atom is 0.326 e. The zero-order valence-corrected chi connectivity index (χ0v) is 12.1. The lowest BCUT2D eigenvalue weighted by Crippen LogP contribution is -2.43. The van der Waals surface area contributed by atoms with E-state index in [9.17, 15) is 14.4 Å². The van der Waals surface area contributed by atoms with Gasteiger partial charge in [0.1, 0.15) is 6.04 Å². The maximum absolute atomic E-state index is 11.6. The molecule has 1 aromatic rings. The Balaban J connectivity index is 2.26. The summed E-state index contributed by atoms with van der Waals surface area (Å²) in [6.45, 7) is 0. The summed E-state index contributed by atoms with van der Waals surface area (Å²) in [5.74, 6) is -2.24. The molecule has 0 bridgehead atoms. The number of benzene rings is 1. The third-order valence-electron chi connectivity index (χ3n) is 2.62. The molecular formula is C14H17NO5S. The van der Waals surface area contributed by atoms with Gasteiger partial charge in [0.2, 0.25) is 5.91 Å². The highest BCUT2D eigenvalue weighted by Crippen LogP contribution is 2.07. The summed E-state index contributed by atoms with van der Waals surface area (Å²) in [5.41, 5.74) is 1.17. The smallest absolute Gasteiger partial charge is 0.326 e. The van der Waals surface area contributed by atoms with Gasteiger partial charge in [-0.2, -0.15) is 11.8 Å². The van der Waals surface area contributed by atoms with Crippen LogP contribution in [0.5, 0.6) is 0 Å². The average Bonchev–Trinajstić information content (AvgIpc) is 2.43. The fourth-order valence-corrected chi connectivity index (χ4v) is 2.40. The van der Waals surface area contributed by atoms with Crippen LogP contribution in [0, 0.1) is 0 Å². The molecule has 1 aromatic carbocycles. The Morgan fingerprint density at radius 2 is 1.81 bits per heavy atom. The molecule has 0 heterocycles. The minimum atomic E-state index is -1.38. The molecule has 0 unspecified atom stereocenters. The van der Waals surface area contributed by atoms with Gasteiger partial charge in [0.25, 0.3) is 0 Å².